The van der Waals surface area contributed by atoms with Gasteiger partial charge in [0.25, 0.3) is 0 Å². The van der Waals surface area contributed by atoms with Gasteiger partial charge in [0.1, 0.15) is 30.2 Å². The first-order chi connectivity index (χ1) is 28.2. The predicted octanol–water partition coefficient (Wildman–Crippen LogP) is -0.790. The Balaban J connectivity index is 1.34. The number of amides is 5. The van der Waals surface area contributed by atoms with Crippen LogP contribution in [0.5, 0.6) is 0 Å². The number of imidazole rings is 1. The van der Waals surface area contributed by atoms with Gasteiger partial charge in [0.15, 0.2) is 0 Å². The van der Waals surface area contributed by atoms with Crippen LogP contribution < -0.4 is 27.0 Å². The summed E-state index contributed by atoms with van der Waals surface area (Å²) < 4.78 is 0. The molecule has 11 N–H and O–H groups in total. The molecule has 0 aliphatic carbocycles. The molecule has 312 valence electrons. The van der Waals surface area contributed by atoms with E-state index in [0.717, 1.165) is 10.9 Å². The molecular formula is C39H45N9O11. The summed E-state index contributed by atoms with van der Waals surface area (Å²) in [5.74, 6) is -8.60. The lowest BCUT2D eigenvalue weighted by molar-refractivity contribution is -0.144. The van der Waals surface area contributed by atoms with Gasteiger partial charge in [0, 0.05) is 54.8 Å². The van der Waals surface area contributed by atoms with Crippen LogP contribution in [0.25, 0.3) is 10.9 Å². The molecular weight excluding hydrogens is 770 g/mol. The average molecular weight is 816 g/mol. The highest BCUT2D eigenvalue weighted by Crippen LogP contribution is 2.23. The highest BCUT2D eigenvalue weighted by Gasteiger charge is 2.40. The van der Waals surface area contributed by atoms with Crippen LogP contribution in [0.4, 0.5) is 0 Å². The van der Waals surface area contributed by atoms with E-state index in [1.54, 1.807) is 42.6 Å². The molecule has 5 amide bonds. The zero-order chi connectivity index (χ0) is 42.6. The number of carboxylic acid groups (broad SMARTS) is 3. The summed E-state index contributed by atoms with van der Waals surface area (Å²) >= 11 is 0. The molecule has 0 unspecified atom stereocenters. The number of aromatic amines is 2. The van der Waals surface area contributed by atoms with Crippen LogP contribution in [0.15, 0.2) is 73.3 Å². The van der Waals surface area contributed by atoms with Gasteiger partial charge in [-0.05, 0) is 30.0 Å². The van der Waals surface area contributed by atoms with E-state index in [-0.39, 0.29) is 32.2 Å². The number of nitrogens with one attached hydrogen (secondary N) is 6. The molecule has 0 radical (unpaired) electrons. The number of aliphatic carboxylic acids is 3. The number of carbonyl (C=O) groups is 8. The molecule has 4 aromatic rings. The molecule has 0 bridgehead atoms. The van der Waals surface area contributed by atoms with E-state index >= 15 is 0 Å². The fourth-order valence-corrected chi connectivity index (χ4v) is 6.86. The lowest BCUT2D eigenvalue weighted by atomic mass is 10.0. The monoisotopic (exact) mass is 815 g/mol. The maximum Gasteiger partial charge on any atom is 0.326 e. The van der Waals surface area contributed by atoms with Crippen LogP contribution in [-0.4, -0.2) is 125 Å². The molecule has 20 nitrogen and oxygen atoms in total. The van der Waals surface area contributed by atoms with Crippen molar-refractivity contribution in [3.63, 3.8) is 0 Å². The molecule has 2 aromatic carbocycles. The van der Waals surface area contributed by atoms with Crippen LogP contribution in [0.1, 0.15) is 42.5 Å². The quantitative estimate of drug-likeness (QED) is 0.0524. The van der Waals surface area contributed by atoms with Crippen molar-refractivity contribution in [1.82, 2.24) is 41.1 Å². The molecule has 2 aromatic heterocycles. The third-order valence-electron chi connectivity index (χ3n) is 9.80. The van der Waals surface area contributed by atoms with Gasteiger partial charge in [-0.2, -0.15) is 0 Å². The maximum atomic E-state index is 14.3. The van der Waals surface area contributed by atoms with Crippen LogP contribution in [-0.2, 0) is 57.6 Å². The van der Waals surface area contributed by atoms with E-state index in [2.05, 4.69) is 36.2 Å². The Labute approximate surface area is 336 Å². The second-order valence-corrected chi connectivity index (χ2v) is 14.1. The number of fused-ring (bicyclic) bond motifs is 1. The number of likely N-dealkylation sites (tertiary alicyclic amines) is 1. The fraction of sp³-hybridized carbons (Fsp3) is 0.359. The van der Waals surface area contributed by atoms with Crippen molar-refractivity contribution in [1.29, 1.82) is 0 Å². The van der Waals surface area contributed by atoms with Gasteiger partial charge in [-0.15, -0.1) is 0 Å². The van der Waals surface area contributed by atoms with Crippen molar-refractivity contribution in [3.05, 3.63) is 90.1 Å². The zero-order valence-electron chi connectivity index (χ0n) is 31.6. The second-order valence-electron chi connectivity index (χ2n) is 14.1. The maximum absolute atomic E-state index is 14.3. The van der Waals surface area contributed by atoms with Crippen molar-refractivity contribution in [3.8, 4) is 0 Å². The number of carbonyl (C=O) groups excluding carboxylic acids is 5. The topological polar surface area (TPSA) is 319 Å². The Morgan fingerprint density at radius 3 is 2.08 bits per heavy atom. The van der Waals surface area contributed by atoms with E-state index in [9.17, 15) is 53.7 Å². The Kier molecular flexibility index (Phi) is 14.5. The first kappa shape index (κ1) is 43.0. The largest absolute Gasteiger partial charge is 0.481 e. The first-order valence-corrected chi connectivity index (χ1v) is 18.7. The van der Waals surface area contributed by atoms with Crippen molar-refractivity contribution < 1.29 is 53.7 Å². The summed E-state index contributed by atoms with van der Waals surface area (Å²) in [5.41, 5.74) is 8.19. The number of benzene rings is 2. The molecule has 1 aliphatic rings. The number of aromatic nitrogens is 3. The van der Waals surface area contributed by atoms with Crippen LogP contribution in [0, 0.1) is 0 Å². The van der Waals surface area contributed by atoms with Gasteiger partial charge >= 0.3 is 17.9 Å². The predicted molar refractivity (Wildman–Crippen MR) is 207 cm³/mol. The van der Waals surface area contributed by atoms with Crippen molar-refractivity contribution in [2.45, 2.75) is 81.2 Å². The zero-order valence-corrected chi connectivity index (χ0v) is 31.6. The summed E-state index contributed by atoms with van der Waals surface area (Å²) in [6, 6.07) is 7.04. The number of carboxylic acids is 3. The van der Waals surface area contributed by atoms with Crippen molar-refractivity contribution >= 4 is 58.3 Å². The molecule has 59 heavy (non-hydrogen) atoms. The molecule has 1 fully saturated rings. The first-order valence-electron chi connectivity index (χ1n) is 18.7. The van der Waals surface area contributed by atoms with E-state index in [0.29, 0.717) is 23.2 Å². The number of hydrogen-bond donors (Lipinski definition) is 10. The standard InChI is InChI=1S/C39H45N9O11/c40-25(16-32(49)50)34(53)46-29(14-22-18-42-26-10-5-4-9-24(22)26)38(57)48-12-6-11-31(48)37(56)45-27(15-23-19-41-20-43-23)35(54)44-28(17-33(51)52)36(55)47-30(39(58)59)13-21-7-2-1-3-8-21/h1-5,7-10,18-20,25,27-31,42H,6,11-17,40H2,(H,41,43)(H,44,54)(H,45,56)(H,46,53)(H,47,55)(H,49,50)(H,51,52)(H,58,59)/t25-,27-,28-,29-,30-,31-/m0/s1. The van der Waals surface area contributed by atoms with E-state index in [4.69, 9.17) is 5.73 Å². The summed E-state index contributed by atoms with van der Waals surface area (Å²) in [6.07, 6.45) is 2.88. The lowest BCUT2D eigenvalue weighted by Gasteiger charge is -2.30. The Hall–Kier alpha value is -7.09. The normalized spacial score (nSPS) is 16.2. The minimum absolute atomic E-state index is 0.0504. The highest BCUT2D eigenvalue weighted by atomic mass is 16.4. The Bertz CT molecular complexity index is 2160. The van der Waals surface area contributed by atoms with Gasteiger partial charge in [-0.1, -0.05) is 48.5 Å². The molecule has 0 saturated carbocycles. The van der Waals surface area contributed by atoms with Crippen LogP contribution in [0.3, 0.4) is 0 Å². The smallest absolute Gasteiger partial charge is 0.326 e. The second kappa shape index (κ2) is 19.9. The third kappa shape index (κ3) is 11.7. The molecule has 5 rings (SSSR count). The third-order valence-corrected chi connectivity index (χ3v) is 9.80. The SMILES string of the molecule is N[C@@H](CC(=O)O)C(=O)N[C@@H](Cc1c[nH]c2ccccc12)C(=O)N1CCC[C@H]1C(=O)N[C@@H](Cc1cnc[nH]1)C(=O)N[C@@H](CC(=O)O)C(=O)N[C@@H](Cc1ccccc1)C(=O)O. The number of rotatable bonds is 20. The minimum atomic E-state index is -1.76. The fourth-order valence-electron chi connectivity index (χ4n) is 6.86. The van der Waals surface area contributed by atoms with Gasteiger partial charge in [0.2, 0.25) is 29.5 Å². The summed E-state index contributed by atoms with van der Waals surface area (Å²) in [4.78, 5) is 115. The highest BCUT2D eigenvalue weighted by molar-refractivity contribution is 5.98. The van der Waals surface area contributed by atoms with Gasteiger partial charge in [-0.25, -0.2) is 9.78 Å². The summed E-state index contributed by atoms with van der Waals surface area (Å²) in [6.45, 7) is 0.0876. The van der Waals surface area contributed by atoms with Gasteiger partial charge in [0.05, 0.1) is 25.2 Å². The Morgan fingerprint density at radius 2 is 1.41 bits per heavy atom. The number of H-pyrrole nitrogens is 2. The molecule has 6 atom stereocenters. The number of nitrogens with zero attached hydrogens (tertiary/aromatic N) is 2. The number of hydrogen-bond acceptors (Lipinski definition) is 10. The Morgan fingerprint density at radius 1 is 0.746 bits per heavy atom. The van der Waals surface area contributed by atoms with Crippen molar-refractivity contribution in [2.75, 3.05) is 6.54 Å². The summed E-state index contributed by atoms with van der Waals surface area (Å²) in [7, 11) is 0. The van der Waals surface area contributed by atoms with E-state index < -0.39 is 96.5 Å². The molecule has 1 aliphatic heterocycles. The molecule has 3 heterocycles. The minimum Gasteiger partial charge on any atom is -0.481 e. The van der Waals surface area contributed by atoms with Gasteiger partial charge in [-0.3, -0.25) is 33.6 Å². The number of para-hydroxylation sites is 1. The molecule has 20 heteroatoms. The van der Waals surface area contributed by atoms with Gasteiger partial charge < -0.3 is 57.2 Å². The van der Waals surface area contributed by atoms with E-state index in [1.807, 2.05) is 18.2 Å². The average Bonchev–Trinajstić information content (AvgIpc) is 3.99. The van der Waals surface area contributed by atoms with Crippen LogP contribution in [0.2, 0.25) is 0 Å². The van der Waals surface area contributed by atoms with E-state index in [1.165, 1.54) is 17.4 Å². The molecule has 1 saturated heterocycles. The molecule has 0 spiro atoms. The lowest BCUT2D eigenvalue weighted by Crippen LogP contribution is -2.60. The summed E-state index contributed by atoms with van der Waals surface area (Å²) in [5, 5.41) is 39.2. The van der Waals surface area contributed by atoms with Crippen molar-refractivity contribution in [2.24, 2.45) is 5.73 Å². The van der Waals surface area contributed by atoms with Crippen LogP contribution >= 0.6 is 0 Å². The number of nitrogens with two attached hydrogens (primary N) is 1.